The van der Waals surface area contributed by atoms with E-state index in [0.29, 0.717) is 6.54 Å². The lowest BCUT2D eigenvalue weighted by Crippen LogP contribution is -2.36. The Morgan fingerprint density at radius 2 is 2.12 bits per heavy atom. The number of benzene rings is 1. The van der Waals surface area contributed by atoms with Gasteiger partial charge in [0.2, 0.25) is 5.91 Å². The van der Waals surface area contributed by atoms with Crippen molar-refractivity contribution in [3.05, 3.63) is 29.8 Å². The van der Waals surface area contributed by atoms with Gasteiger partial charge in [-0.2, -0.15) is 0 Å². The Labute approximate surface area is 103 Å². The number of amides is 1. The first kappa shape index (κ1) is 12.1. The summed E-state index contributed by atoms with van der Waals surface area (Å²) in [6.45, 7) is 3.44. The summed E-state index contributed by atoms with van der Waals surface area (Å²) in [5.41, 5.74) is 2.12. The molecule has 0 radical (unpaired) electrons. The van der Waals surface area contributed by atoms with Crippen molar-refractivity contribution in [3.8, 4) is 0 Å². The van der Waals surface area contributed by atoms with Gasteiger partial charge < -0.3 is 10.2 Å². The van der Waals surface area contributed by atoms with Crippen LogP contribution in [0, 0.1) is 12.8 Å². The van der Waals surface area contributed by atoms with Crippen molar-refractivity contribution < 1.29 is 4.79 Å². The van der Waals surface area contributed by atoms with Crippen molar-refractivity contribution in [1.82, 2.24) is 5.32 Å². The number of hydrogen-bond acceptors (Lipinski definition) is 2. The second-order valence-electron chi connectivity index (χ2n) is 4.81. The van der Waals surface area contributed by atoms with Gasteiger partial charge in [-0.1, -0.05) is 18.2 Å². The van der Waals surface area contributed by atoms with Gasteiger partial charge in [0, 0.05) is 12.7 Å². The number of aryl methyl sites for hydroxylation is 1. The van der Waals surface area contributed by atoms with E-state index in [1.807, 2.05) is 38.2 Å². The lowest BCUT2D eigenvalue weighted by atomic mass is 10.2. The van der Waals surface area contributed by atoms with E-state index in [1.54, 1.807) is 4.90 Å². The predicted molar refractivity (Wildman–Crippen MR) is 70.2 cm³/mol. The molecule has 0 heterocycles. The summed E-state index contributed by atoms with van der Waals surface area (Å²) in [6.07, 6.45) is 2.63. The van der Waals surface area contributed by atoms with Crippen molar-refractivity contribution in [2.24, 2.45) is 5.92 Å². The molecular formula is C14H20N2O. The molecule has 0 bridgehead atoms. The van der Waals surface area contributed by atoms with E-state index in [2.05, 4.69) is 5.32 Å². The topological polar surface area (TPSA) is 32.3 Å². The summed E-state index contributed by atoms with van der Waals surface area (Å²) in [4.78, 5) is 13.7. The lowest BCUT2D eigenvalue weighted by Gasteiger charge is -2.19. The van der Waals surface area contributed by atoms with Crippen molar-refractivity contribution >= 4 is 11.6 Å². The van der Waals surface area contributed by atoms with E-state index in [4.69, 9.17) is 0 Å². The lowest BCUT2D eigenvalue weighted by molar-refractivity contribution is -0.117. The first-order valence-electron chi connectivity index (χ1n) is 6.21. The first-order valence-corrected chi connectivity index (χ1v) is 6.21. The molecule has 0 saturated heterocycles. The fourth-order valence-electron chi connectivity index (χ4n) is 1.90. The maximum atomic E-state index is 12.0. The molecule has 0 atom stereocenters. The van der Waals surface area contributed by atoms with Crippen molar-refractivity contribution in [3.63, 3.8) is 0 Å². The maximum absolute atomic E-state index is 12.0. The van der Waals surface area contributed by atoms with Gasteiger partial charge in [-0.05, 0) is 43.9 Å². The minimum atomic E-state index is 0.125. The van der Waals surface area contributed by atoms with Crippen molar-refractivity contribution in [2.45, 2.75) is 19.8 Å². The van der Waals surface area contributed by atoms with Gasteiger partial charge in [-0.15, -0.1) is 0 Å². The van der Waals surface area contributed by atoms with Crippen LogP contribution in [0.4, 0.5) is 5.69 Å². The molecule has 1 saturated carbocycles. The summed E-state index contributed by atoms with van der Waals surface area (Å²) in [6, 6.07) is 7.96. The Bertz CT molecular complexity index is 399. The fraction of sp³-hybridized carbons (Fsp3) is 0.500. The number of rotatable bonds is 5. The molecule has 0 spiro atoms. The van der Waals surface area contributed by atoms with E-state index in [-0.39, 0.29) is 5.91 Å². The predicted octanol–water partition coefficient (Wildman–Crippen LogP) is 1.96. The number of hydrogen-bond donors (Lipinski definition) is 1. The zero-order valence-corrected chi connectivity index (χ0v) is 10.6. The molecule has 2 rings (SSSR count). The number of para-hydroxylation sites is 1. The average molecular weight is 232 g/mol. The van der Waals surface area contributed by atoms with E-state index >= 15 is 0 Å². The van der Waals surface area contributed by atoms with Gasteiger partial charge in [0.05, 0.1) is 6.54 Å². The number of carbonyl (C=O) groups excluding carboxylic acids is 1. The number of carbonyl (C=O) groups is 1. The van der Waals surface area contributed by atoms with Crippen molar-refractivity contribution in [1.29, 1.82) is 0 Å². The van der Waals surface area contributed by atoms with E-state index in [1.165, 1.54) is 12.8 Å². The monoisotopic (exact) mass is 232 g/mol. The third-order valence-electron chi connectivity index (χ3n) is 3.26. The molecule has 1 N–H and O–H groups in total. The first-order chi connectivity index (χ1) is 8.18. The third kappa shape index (κ3) is 3.30. The van der Waals surface area contributed by atoms with E-state index < -0.39 is 0 Å². The number of likely N-dealkylation sites (N-methyl/N-ethyl adjacent to an activating group) is 1. The van der Waals surface area contributed by atoms with Gasteiger partial charge in [-0.3, -0.25) is 4.79 Å². The molecule has 1 aromatic rings. The van der Waals surface area contributed by atoms with Crippen LogP contribution in [0.25, 0.3) is 0 Å². The summed E-state index contributed by atoms with van der Waals surface area (Å²) < 4.78 is 0. The Kier molecular flexibility index (Phi) is 3.79. The SMILES string of the molecule is Cc1ccccc1N(C)C(=O)CNCC1CC1. The highest BCUT2D eigenvalue weighted by atomic mass is 16.2. The van der Waals surface area contributed by atoms with Crippen LogP contribution in [-0.2, 0) is 4.79 Å². The molecule has 1 aliphatic carbocycles. The summed E-state index contributed by atoms with van der Waals surface area (Å²) in [5, 5.41) is 3.23. The van der Waals surface area contributed by atoms with Crippen LogP contribution < -0.4 is 10.2 Å². The van der Waals surface area contributed by atoms with Crippen LogP contribution in [0.2, 0.25) is 0 Å². The van der Waals surface area contributed by atoms with Gasteiger partial charge in [0.15, 0.2) is 0 Å². The smallest absolute Gasteiger partial charge is 0.240 e. The number of nitrogens with zero attached hydrogens (tertiary/aromatic N) is 1. The summed E-state index contributed by atoms with van der Waals surface area (Å²) >= 11 is 0. The van der Waals surface area contributed by atoms with Crippen LogP contribution in [0.15, 0.2) is 24.3 Å². The molecule has 1 aromatic carbocycles. The number of nitrogens with one attached hydrogen (secondary N) is 1. The molecule has 1 amide bonds. The molecule has 0 aromatic heterocycles. The highest BCUT2D eigenvalue weighted by molar-refractivity contribution is 5.94. The quantitative estimate of drug-likeness (QED) is 0.841. The molecular weight excluding hydrogens is 212 g/mol. The van der Waals surface area contributed by atoms with E-state index in [0.717, 1.165) is 23.7 Å². The van der Waals surface area contributed by atoms with E-state index in [9.17, 15) is 4.79 Å². The average Bonchev–Trinajstić information content (AvgIpc) is 3.13. The minimum Gasteiger partial charge on any atom is -0.314 e. The normalized spacial score (nSPS) is 14.7. The molecule has 1 fully saturated rings. The standard InChI is InChI=1S/C14H20N2O/c1-11-5-3-4-6-13(11)16(2)14(17)10-15-9-12-7-8-12/h3-6,12,15H,7-10H2,1-2H3. The Morgan fingerprint density at radius 3 is 2.76 bits per heavy atom. The highest BCUT2D eigenvalue weighted by Crippen LogP contribution is 2.27. The Balaban J connectivity index is 1.87. The molecule has 3 heteroatoms. The van der Waals surface area contributed by atoms with Gasteiger partial charge in [-0.25, -0.2) is 0 Å². The summed E-state index contributed by atoms with van der Waals surface area (Å²) in [5.74, 6) is 0.937. The maximum Gasteiger partial charge on any atom is 0.240 e. The zero-order chi connectivity index (χ0) is 12.3. The minimum absolute atomic E-state index is 0.125. The largest absolute Gasteiger partial charge is 0.314 e. The second kappa shape index (κ2) is 5.32. The van der Waals surface area contributed by atoms with Crippen LogP contribution in [0.3, 0.4) is 0 Å². The van der Waals surface area contributed by atoms with Gasteiger partial charge >= 0.3 is 0 Å². The Hall–Kier alpha value is -1.35. The highest BCUT2D eigenvalue weighted by Gasteiger charge is 2.21. The molecule has 92 valence electrons. The van der Waals surface area contributed by atoms with Crippen LogP contribution in [0.1, 0.15) is 18.4 Å². The molecule has 3 nitrogen and oxygen atoms in total. The molecule has 17 heavy (non-hydrogen) atoms. The fourth-order valence-corrected chi connectivity index (χ4v) is 1.90. The summed E-state index contributed by atoms with van der Waals surface area (Å²) in [7, 11) is 1.84. The second-order valence-corrected chi connectivity index (χ2v) is 4.81. The third-order valence-corrected chi connectivity index (χ3v) is 3.26. The molecule has 1 aliphatic rings. The van der Waals surface area contributed by atoms with Crippen LogP contribution in [0.5, 0.6) is 0 Å². The van der Waals surface area contributed by atoms with Crippen molar-refractivity contribution in [2.75, 3.05) is 25.0 Å². The van der Waals surface area contributed by atoms with Gasteiger partial charge in [0.1, 0.15) is 0 Å². The number of anilines is 1. The molecule has 0 unspecified atom stereocenters. The molecule has 0 aliphatic heterocycles. The zero-order valence-electron chi connectivity index (χ0n) is 10.6. The Morgan fingerprint density at radius 1 is 1.41 bits per heavy atom. The van der Waals surface area contributed by atoms with Gasteiger partial charge in [0.25, 0.3) is 0 Å². The van der Waals surface area contributed by atoms with Crippen LogP contribution in [-0.4, -0.2) is 26.0 Å². The van der Waals surface area contributed by atoms with Crippen LogP contribution >= 0.6 is 0 Å².